The monoisotopic (exact) mass is 339 g/mol. The largest absolute Gasteiger partial charge is 0.480 e. The quantitative estimate of drug-likeness (QED) is 0.935. The van der Waals surface area contributed by atoms with E-state index in [-0.39, 0.29) is 23.6 Å². The number of nitrogens with zero attached hydrogens (tertiary/aromatic N) is 1. The Morgan fingerprint density at radius 2 is 1.84 bits per heavy atom. The molecule has 1 heterocycles. The summed E-state index contributed by atoms with van der Waals surface area (Å²) in [5.74, 6) is -1.71. The Morgan fingerprint density at radius 1 is 1.08 bits per heavy atom. The number of carbonyl (C=O) groups excluding carboxylic acids is 1. The van der Waals surface area contributed by atoms with Gasteiger partial charge < -0.3 is 10.0 Å². The van der Waals surface area contributed by atoms with Crippen LogP contribution in [0.2, 0.25) is 0 Å². The highest BCUT2D eigenvalue weighted by atomic mass is 19.1. The third-order valence-corrected chi connectivity index (χ3v) is 5.20. The van der Waals surface area contributed by atoms with Crippen LogP contribution in [0.4, 0.5) is 4.39 Å². The van der Waals surface area contributed by atoms with Gasteiger partial charge in [0.25, 0.3) is 0 Å². The average molecular weight is 339 g/mol. The third kappa shape index (κ3) is 2.90. The molecule has 0 spiro atoms. The number of rotatable bonds is 3. The molecule has 2 aliphatic rings. The smallest absolute Gasteiger partial charge is 0.326 e. The first-order valence-corrected chi connectivity index (χ1v) is 8.40. The Labute approximate surface area is 144 Å². The van der Waals surface area contributed by atoms with Crippen molar-refractivity contribution in [3.05, 3.63) is 71.0 Å². The van der Waals surface area contributed by atoms with E-state index >= 15 is 0 Å². The lowest BCUT2D eigenvalue weighted by Gasteiger charge is -2.34. The van der Waals surface area contributed by atoms with Crippen LogP contribution in [-0.4, -0.2) is 27.9 Å². The molecule has 0 unspecified atom stereocenters. The van der Waals surface area contributed by atoms with Crippen LogP contribution in [-0.2, 0) is 22.6 Å². The lowest BCUT2D eigenvalue weighted by atomic mass is 9.93. The second-order valence-electron chi connectivity index (χ2n) is 6.80. The van der Waals surface area contributed by atoms with Crippen LogP contribution < -0.4 is 0 Å². The maximum atomic E-state index is 13.4. The van der Waals surface area contributed by atoms with Crippen LogP contribution in [0, 0.1) is 11.7 Å². The minimum Gasteiger partial charge on any atom is -0.480 e. The summed E-state index contributed by atoms with van der Waals surface area (Å²) in [6.07, 6.45) is 0.974. The lowest BCUT2D eigenvalue weighted by Crippen LogP contribution is -2.49. The van der Waals surface area contributed by atoms with Gasteiger partial charge in [0.2, 0.25) is 5.91 Å². The molecule has 4 rings (SSSR count). The molecular formula is C20H18FNO3. The molecule has 0 saturated heterocycles. The predicted molar refractivity (Wildman–Crippen MR) is 89.4 cm³/mol. The van der Waals surface area contributed by atoms with Crippen molar-refractivity contribution in [2.24, 2.45) is 5.92 Å². The van der Waals surface area contributed by atoms with Gasteiger partial charge in [-0.05, 0) is 41.2 Å². The molecule has 2 aromatic rings. The highest BCUT2D eigenvalue weighted by Crippen LogP contribution is 2.49. The van der Waals surface area contributed by atoms with E-state index in [1.165, 1.54) is 17.0 Å². The number of aliphatic carboxylic acids is 1. The number of fused-ring (bicyclic) bond motifs is 1. The molecule has 128 valence electrons. The molecule has 25 heavy (non-hydrogen) atoms. The zero-order valence-corrected chi connectivity index (χ0v) is 13.6. The Morgan fingerprint density at radius 3 is 2.56 bits per heavy atom. The summed E-state index contributed by atoms with van der Waals surface area (Å²) in [5, 5.41) is 9.56. The standard InChI is InChI=1S/C20H18FNO3/c21-15-7-3-6-13(8-15)16-10-17(16)19(23)22-11-14-5-2-1-4-12(14)9-18(22)20(24)25/h1-8,16-18H,9-11H2,(H,24,25)/t16-,17-,18-/m0/s1. The molecule has 2 aromatic carbocycles. The number of hydrogen-bond acceptors (Lipinski definition) is 2. The molecule has 1 amide bonds. The molecule has 1 aliphatic carbocycles. The van der Waals surface area contributed by atoms with Crippen molar-refractivity contribution in [1.29, 1.82) is 0 Å². The van der Waals surface area contributed by atoms with E-state index in [0.717, 1.165) is 16.7 Å². The van der Waals surface area contributed by atoms with E-state index in [0.29, 0.717) is 19.4 Å². The van der Waals surface area contributed by atoms with Crippen molar-refractivity contribution in [3.8, 4) is 0 Å². The predicted octanol–water partition coefficient (Wildman–Crippen LogP) is 2.97. The van der Waals surface area contributed by atoms with Crippen molar-refractivity contribution in [3.63, 3.8) is 0 Å². The van der Waals surface area contributed by atoms with Gasteiger partial charge in [-0.2, -0.15) is 0 Å². The zero-order chi connectivity index (χ0) is 17.6. The molecule has 5 heteroatoms. The number of carboxylic acid groups (broad SMARTS) is 1. The average Bonchev–Trinajstić information content (AvgIpc) is 3.40. The molecule has 1 fully saturated rings. The van der Waals surface area contributed by atoms with E-state index in [4.69, 9.17) is 0 Å². The minimum atomic E-state index is -0.981. The zero-order valence-electron chi connectivity index (χ0n) is 13.6. The number of hydrogen-bond donors (Lipinski definition) is 1. The van der Waals surface area contributed by atoms with Crippen LogP contribution in [0.15, 0.2) is 48.5 Å². The first kappa shape index (κ1) is 15.8. The molecule has 0 bridgehead atoms. The van der Waals surface area contributed by atoms with Gasteiger partial charge in [-0.25, -0.2) is 9.18 Å². The van der Waals surface area contributed by atoms with Gasteiger partial charge in [0.15, 0.2) is 0 Å². The summed E-state index contributed by atoms with van der Waals surface area (Å²) in [4.78, 5) is 26.1. The van der Waals surface area contributed by atoms with Crippen molar-refractivity contribution >= 4 is 11.9 Å². The van der Waals surface area contributed by atoms with Gasteiger partial charge in [-0.1, -0.05) is 36.4 Å². The van der Waals surface area contributed by atoms with Crippen LogP contribution in [0.5, 0.6) is 0 Å². The first-order valence-electron chi connectivity index (χ1n) is 8.40. The van der Waals surface area contributed by atoms with Crippen LogP contribution in [0.25, 0.3) is 0 Å². The Kier molecular flexibility index (Phi) is 3.79. The van der Waals surface area contributed by atoms with Crippen molar-refractivity contribution in [2.45, 2.75) is 31.3 Å². The highest BCUT2D eigenvalue weighted by molar-refractivity contribution is 5.88. The second kappa shape index (κ2) is 5.99. The van der Waals surface area contributed by atoms with Gasteiger partial charge in [0.1, 0.15) is 11.9 Å². The fourth-order valence-electron chi connectivity index (χ4n) is 3.76. The SMILES string of the molecule is O=C(O)[C@@H]1Cc2ccccc2CN1C(=O)[C@H]1C[C@H]1c1cccc(F)c1. The highest BCUT2D eigenvalue weighted by Gasteiger charge is 2.48. The summed E-state index contributed by atoms with van der Waals surface area (Å²) >= 11 is 0. The van der Waals surface area contributed by atoms with Gasteiger partial charge in [0, 0.05) is 18.9 Å². The summed E-state index contributed by atoms with van der Waals surface area (Å²) in [7, 11) is 0. The topological polar surface area (TPSA) is 57.6 Å². The minimum absolute atomic E-state index is 0.0187. The Hall–Kier alpha value is -2.69. The summed E-state index contributed by atoms with van der Waals surface area (Å²) < 4.78 is 13.4. The molecule has 0 radical (unpaired) electrons. The summed E-state index contributed by atoms with van der Waals surface area (Å²) in [6, 6.07) is 13.1. The van der Waals surface area contributed by atoms with Crippen LogP contribution in [0.1, 0.15) is 29.0 Å². The molecular weight excluding hydrogens is 321 g/mol. The maximum Gasteiger partial charge on any atom is 0.326 e. The number of carbonyl (C=O) groups is 2. The molecule has 3 atom stereocenters. The van der Waals surface area contributed by atoms with Crippen molar-refractivity contribution < 1.29 is 19.1 Å². The van der Waals surface area contributed by atoms with E-state index in [9.17, 15) is 19.1 Å². The van der Waals surface area contributed by atoms with Gasteiger partial charge >= 0.3 is 5.97 Å². The van der Waals surface area contributed by atoms with Gasteiger partial charge in [0.05, 0.1) is 0 Å². The summed E-state index contributed by atoms with van der Waals surface area (Å²) in [5.41, 5.74) is 2.79. The fourth-order valence-corrected chi connectivity index (χ4v) is 3.76. The van der Waals surface area contributed by atoms with E-state index in [1.54, 1.807) is 6.07 Å². The number of halogens is 1. The molecule has 1 aliphatic heterocycles. The molecule has 4 nitrogen and oxygen atoms in total. The van der Waals surface area contributed by atoms with Crippen molar-refractivity contribution in [1.82, 2.24) is 4.90 Å². The number of benzene rings is 2. The second-order valence-corrected chi connectivity index (χ2v) is 6.80. The lowest BCUT2D eigenvalue weighted by molar-refractivity contribution is -0.152. The van der Waals surface area contributed by atoms with E-state index in [2.05, 4.69) is 0 Å². The van der Waals surface area contributed by atoms with Gasteiger partial charge in [-0.15, -0.1) is 0 Å². The Bertz CT molecular complexity index is 850. The van der Waals surface area contributed by atoms with Crippen LogP contribution in [0.3, 0.4) is 0 Å². The third-order valence-electron chi connectivity index (χ3n) is 5.20. The molecule has 1 N–H and O–H groups in total. The first-order chi connectivity index (χ1) is 12.0. The fraction of sp³-hybridized carbons (Fsp3) is 0.300. The number of amides is 1. The van der Waals surface area contributed by atoms with E-state index < -0.39 is 12.0 Å². The maximum absolute atomic E-state index is 13.4. The van der Waals surface area contributed by atoms with Crippen molar-refractivity contribution in [2.75, 3.05) is 0 Å². The number of carboxylic acids is 1. The summed E-state index contributed by atoms with van der Waals surface area (Å²) in [6.45, 7) is 0.318. The Balaban J connectivity index is 1.56. The molecule has 1 saturated carbocycles. The van der Waals surface area contributed by atoms with Gasteiger partial charge in [-0.3, -0.25) is 4.79 Å². The normalized spacial score (nSPS) is 24.5. The van der Waals surface area contributed by atoms with Crippen LogP contribution >= 0.6 is 0 Å². The molecule has 0 aromatic heterocycles. The van der Waals surface area contributed by atoms with E-state index in [1.807, 2.05) is 30.3 Å².